The van der Waals surface area contributed by atoms with Gasteiger partial charge in [0.25, 0.3) is 0 Å². The fraction of sp³-hybridized carbons (Fsp3) is 0.333. The first-order valence-corrected chi connectivity index (χ1v) is 5.70. The third-order valence-electron chi connectivity index (χ3n) is 2.16. The Labute approximate surface area is 107 Å². The fourth-order valence-corrected chi connectivity index (χ4v) is 1.42. The summed E-state index contributed by atoms with van der Waals surface area (Å²) in [7, 11) is 0. The molecule has 0 nitrogen and oxygen atoms in total. The van der Waals surface area contributed by atoms with Gasteiger partial charge in [-0.2, -0.15) is 13.2 Å². The lowest BCUT2D eigenvalue weighted by Gasteiger charge is -2.07. The van der Waals surface area contributed by atoms with E-state index >= 15 is 0 Å². The molecule has 0 fully saturated rings. The average molecular weight is 256 g/mol. The molecule has 18 heavy (non-hydrogen) atoms. The maximum Gasteiger partial charge on any atom is 0.416 e. The van der Waals surface area contributed by atoms with E-state index in [-0.39, 0.29) is 5.92 Å². The van der Waals surface area contributed by atoms with Crippen LogP contribution in [-0.2, 0) is 0 Å². The fourth-order valence-electron chi connectivity index (χ4n) is 1.42. The molecule has 0 aliphatic heterocycles. The Morgan fingerprint density at radius 3 is 2.28 bits per heavy atom. The van der Waals surface area contributed by atoms with Crippen LogP contribution in [-0.4, -0.2) is 6.18 Å². The van der Waals surface area contributed by atoms with Crippen LogP contribution in [0.1, 0.15) is 20.8 Å². The van der Waals surface area contributed by atoms with Gasteiger partial charge in [0.1, 0.15) is 0 Å². The first kappa shape index (κ1) is 16.5. The Morgan fingerprint density at radius 2 is 1.83 bits per heavy atom. The van der Waals surface area contributed by atoms with Crippen molar-refractivity contribution in [1.29, 1.82) is 0 Å². The quantitative estimate of drug-likeness (QED) is 0.580. The van der Waals surface area contributed by atoms with Crippen molar-refractivity contribution in [3.63, 3.8) is 0 Å². The highest BCUT2D eigenvalue weighted by Gasteiger charge is 2.31. The Kier molecular flexibility index (Phi) is 7.10. The Bertz CT molecular complexity index is 379. The van der Waals surface area contributed by atoms with Crippen molar-refractivity contribution in [3.8, 4) is 0 Å². The highest BCUT2D eigenvalue weighted by atomic mass is 19.4. The molecule has 0 radical (unpaired) electrons. The molecule has 0 spiro atoms. The summed E-state index contributed by atoms with van der Waals surface area (Å²) < 4.78 is 37.6. The molecule has 0 heterocycles. The van der Waals surface area contributed by atoms with E-state index in [1.165, 1.54) is 6.08 Å². The molecule has 0 bridgehead atoms. The van der Waals surface area contributed by atoms with Gasteiger partial charge in [-0.1, -0.05) is 61.6 Å². The molecule has 0 aliphatic carbocycles. The van der Waals surface area contributed by atoms with Gasteiger partial charge in [-0.3, -0.25) is 0 Å². The van der Waals surface area contributed by atoms with Crippen LogP contribution in [0.4, 0.5) is 13.2 Å². The molecule has 0 saturated heterocycles. The highest BCUT2D eigenvalue weighted by molar-refractivity contribution is 5.29. The van der Waals surface area contributed by atoms with E-state index in [1.807, 2.05) is 39.0 Å². The van der Waals surface area contributed by atoms with Crippen molar-refractivity contribution >= 4 is 0 Å². The lowest BCUT2D eigenvalue weighted by molar-refractivity contribution is -0.0882. The normalized spacial score (nSPS) is 16.6. The molecular weight excluding hydrogens is 237 g/mol. The minimum absolute atomic E-state index is 0.0586. The molecule has 0 N–H and O–H groups in total. The third kappa shape index (κ3) is 6.94. The molecule has 1 unspecified atom stereocenters. The molecule has 100 valence electrons. The van der Waals surface area contributed by atoms with Crippen molar-refractivity contribution in [2.45, 2.75) is 26.9 Å². The second kappa shape index (κ2) is 7.75. The largest absolute Gasteiger partial charge is 0.416 e. The zero-order chi connectivity index (χ0) is 14.2. The van der Waals surface area contributed by atoms with Crippen LogP contribution >= 0.6 is 0 Å². The second-order valence-corrected chi connectivity index (χ2v) is 3.98. The second-order valence-electron chi connectivity index (χ2n) is 3.98. The molecule has 3 heteroatoms. The van der Waals surface area contributed by atoms with Crippen LogP contribution in [0.5, 0.6) is 0 Å². The van der Waals surface area contributed by atoms with E-state index in [4.69, 9.17) is 0 Å². The molecule has 0 amide bonds. The minimum Gasteiger partial charge on any atom is -0.166 e. The van der Waals surface area contributed by atoms with Gasteiger partial charge in [0, 0.05) is 0 Å². The van der Waals surface area contributed by atoms with Crippen molar-refractivity contribution in [3.05, 3.63) is 60.3 Å². The molecule has 0 aromatic rings. The van der Waals surface area contributed by atoms with Crippen molar-refractivity contribution < 1.29 is 13.2 Å². The van der Waals surface area contributed by atoms with Gasteiger partial charge in [-0.05, 0) is 19.8 Å². The van der Waals surface area contributed by atoms with Gasteiger partial charge in [0.2, 0.25) is 0 Å². The molecule has 1 atom stereocenters. The van der Waals surface area contributed by atoms with E-state index in [1.54, 1.807) is 0 Å². The average Bonchev–Trinajstić information content (AvgIpc) is 2.22. The zero-order valence-corrected chi connectivity index (χ0v) is 11.0. The van der Waals surface area contributed by atoms with Crippen LogP contribution < -0.4 is 0 Å². The molecule has 0 rings (SSSR count). The van der Waals surface area contributed by atoms with Gasteiger partial charge in [-0.25, -0.2) is 0 Å². The van der Waals surface area contributed by atoms with E-state index < -0.39 is 11.7 Å². The summed E-state index contributed by atoms with van der Waals surface area (Å²) in [5.41, 5.74) is 0.331. The van der Waals surface area contributed by atoms with E-state index in [9.17, 15) is 13.2 Å². The van der Waals surface area contributed by atoms with E-state index in [2.05, 4.69) is 6.58 Å². The number of hydrogen-bond acceptors (Lipinski definition) is 0. The maximum atomic E-state index is 12.5. The van der Waals surface area contributed by atoms with Crippen LogP contribution in [0.25, 0.3) is 0 Å². The Hall–Kier alpha value is -1.51. The van der Waals surface area contributed by atoms with Crippen LogP contribution in [0, 0.1) is 5.92 Å². The minimum atomic E-state index is -4.34. The SMILES string of the molecule is C=C/C=C(\C=CC(C)/C=C(C)\C=C/C)C(F)(F)F. The number of allylic oxidation sites excluding steroid dienone is 9. The topological polar surface area (TPSA) is 0 Å². The van der Waals surface area contributed by atoms with E-state index in [0.717, 1.165) is 23.8 Å². The molecule has 0 saturated carbocycles. The first-order valence-electron chi connectivity index (χ1n) is 5.70. The summed E-state index contributed by atoms with van der Waals surface area (Å²) in [6.45, 7) is 8.93. The summed E-state index contributed by atoms with van der Waals surface area (Å²) in [6.07, 6.45) is 6.08. The molecular formula is C15H19F3. The lowest BCUT2D eigenvalue weighted by atomic mass is 10.1. The lowest BCUT2D eigenvalue weighted by Crippen LogP contribution is -2.09. The van der Waals surface area contributed by atoms with Crippen LogP contribution in [0.15, 0.2) is 60.3 Å². The van der Waals surface area contributed by atoms with Gasteiger partial charge in [0.15, 0.2) is 0 Å². The molecule has 0 aromatic carbocycles. The van der Waals surface area contributed by atoms with Crippen molar-refractivity contribution in [2.24, 2.45) is 5.92 Å². The van der Waals surface area contributed by atoms with Gasteiger partial charge < -0.3 is 0 Å². The van der Waals surface area contributed by atoms with Gasteiger partial charge in [-0.15, -0.1) is 0 Å². The smallest absolute Gasteiger partial charge is 0.166 e. The Balaban J connectivity index is 4.86. The monoisotopic (exact) mass is 256 g/mol. The molecule has 0 aromatic heterocycles. The summed E-state index contributed by atoms with van der Waals surface area (Å²) in [6, 6.07) is 0. The van der Waals surface area contributed by atoms with E-state index in [0.29, 0.717) is 0 Å². The van der Waals surface area contributed by atoms with Crippen LogP contribution in [0.3, 0.4) is 0 Å². The zero-order valence-electron chi connectivity index (χ0n) is 11.0. The number of alkyl halides is 3. The summed E-state index contributed by atoms with van der Waals surface area (Å²) >= 11 is 0. The third-order valence-corrected chi connectivity index (χ3v) is 2.16. The number of hydrogen-bond donors (Lipinski definition) is 0. The van der Waals surface area contributed by atoms with Crippen molar-refractivity contribution in [2.75, 3.05) is 0 Å². The van der Waals surface area contributed by atoms with Gasteiger partial charge >= 0.3 is 6.18 Å². The summed E-state index contributed by atoms with van der Waals surface area (Å²) in [5.74, 6) is -0.0586. The van der Waals surface area contributed by atoms with Crippen LogP contribution in [0.2, 0.25) is 0 Å². The first-order chi connectivity index (χ1) is 8.31. The molecule has 0 aliphatic rings. The summed E-state index contributed by atoms with van der Waals surface area (Å²) in [4.78, 5) is 0. The Morgan fingerprint density at radius 1 is 1.22 bits per heavy atom. The predicted octanol–water partition coefficient (Wildman–Crippen LogP) is 5.38. The van der Waals surface area contributed by atoms with Crippen molar-refractivity contribution in [1.82, 2.24) is 0 Å². The predicted molar refractivity (Wildman–Crippen MR) is 71.2 cm³/mol. The number of rotatable bonds is 5. The number of halogens is 3. The standard InChI is InChI=1S/C15H19F3/c1-5-7-12(3)11-13(4)9-10-14(8-6-2)15(16,17)18/h5-11,13H,2H2,1,3-4H3/b7-5-,10-9?,12-11-,14-8+. The maximum absolute atomic E-state index is 12.5. The highest BCUT2D eigenvalue weighted by Crippen LogP contribution is 2.27. The summed E-state index contributed by atoms with van der Waals surface area (Å²) in [5, 5.41) is 0. The van der Waals surface area contributed by atoms with Gasteiger partial charge in [0.05, 0.1) is 5.57 Å².